The summed E-state index contributed by atoms with van der Waals surface area (Å²) in [6, 6.07) is 0. The lowest BCUT2D eigenvalue weighted by atomic mass is 10.1. The van der Waals surface area contributed by atoms with Crippen LogP contribution in [-0.2, 0) is 4.79 Å². The van der Waals surface area contributed by atoms with E-state index in [1.54, 1.807) is 11.8 Å². The van der Waals surface area contributed by atoms with Crippen molar-refractivity contribution in [1.82, 2.24) is 10.2 Å². The highest BCUT2D eigenvalue weighted by molar-refractivity contribution is 7.99. The summed E-state index contributed by atoms with van der Waals surface area (Å²) in [5.41, 5.74) is 0.177. The average molecular weight is 274 g/mol. The van der Waals surface area contributed by atoms with Gasteiger partial charge in [-0.05, 0) is 52.8 Å². The SMILES string of the molecule is CCN(CC)C(=O)CSCC(C)CNC(C)(C)C. The van der Waals surface area contributed by atoms with Gasteiger partial charge < -0.3 is 10.2 Å². The molecule has 0 aromatic carbocycles. The Kier molecular flexibility index (Phi) is 8.70. The van der Waals surface area contributed by atoms with E-state index in [0.29, 0.717) is 11.7 Å². The molecule has 18 heavy (non-hydrogen) atoms. The fourth-order valence-corrected chi connectivity index (χ4v) is 2.55. The first-order valence-corrected chi connectivity index (χ1v) is 8.06. The summed E-state index contributed by atoms with van der Waals surface area (Å²) in [7, 11) is 0. The molecule has 0 aliphatic rings. The van der Waals surface area contributed by atoms with Crippen LogP contribution in [0.2, 0.25) is 0 Å². The maximum atomic E-state index is 11.8. The molecule has 0 spiro atoms. The second-order valence-corrected chi connectivity index (χ2v) is 6.85. The van der Waals surface area contributed by atoms with Crippen molar-refractivity contribution in [2.24, 2.45) is 5.92 Å². The minimum Gasteiger partial charge on any atom is -0.343 e. The number of hydrogen-bond donors (Lipinski definition) is 1. The van der Waals surface area contributed by atoms with Gasteiger partial charge in [0.25, 0.3) is 0 Å². The first kappa shape index (κ1) is 17.8. The molecule has 1 amide bonds. The number of hydrogen-bond acceptors (Lipinski definition) is 3. The van der Waals surface area contributed by atoms with Gasteiger partial charge in [-0.2, -0.15) is 11.8 Å². The molecule has 0 saturated carbocycles. The lowest BCUT2D eigenvalue weighted by molar-refractivity contribution is -0.127. The van der Waals surface area contributed by atoms with Crippen molar-refractivity contribution in [3.05, 3.63) is 0 Å². The third kappa shape index (κ3) is 8.81. The first-order chi connectivity index (χ1) is 8.30. The quantitative estimate of drug-likeness (QED) is 0.738. The van der Waals surface area contributed by atoms with Gasteiger partial charge in [0.2, 0.25) is 5.91 Å². The van der Waals surface area contributed by atoms with E-state index < -0.39 is 0 Å². The maximum Gasteiger partial charge on any atom is 0.232 e. The highest BCUT2D eigenvalue weighted by atomic mass is 32.2. The molecule has 4 heteroatoms. The third-order valence-corrected chi connectivity index (χ3v) is 3.98. The van der Waals surface area contributed by atoms with Crippen LogP contribution in [0.3, 0.4) is 0 Å². The van der Waals surface area contributed by atoms with Crippen LogP contribution in [0.5, 0.6) is 0 Å². The molecule has 0 fully saturated rings. The average Bonchev–Trinajstić information content (AvgIpc) is 2.27. The van der Waals surface area contributed by atoms with Crippen molar-refractivity contribution in [1.29, 1.82) is 0 Å². The van der Waals surface area contributed by atoms with Crippen LogP contribution >= 0.6 is 11.8 Å². The van der Waals surface area contributed by atoms with Gasteiger partial charge in [0.1, 0.15) is 0 Å². The summed E-state index contributed by atoms with van der Waals surface area (Å²) in [4.78, 5) is 13.7. The van der Waals surface area contributed by atoms with Crippen LogP contribution in [0, 0.1) is 5.92 Å². The van der Waals surface area contributed by atoms with Gasteiger partial charge in [-0.1, -0.05) is 6.92 Å². The van der Waals surface area contributed by atoms with Gasteiger partial charge >= 0.3 is 0 Å². The van der Waals surface area contributed by atoms with Crippen LogP contribution in [0.4, 0.5) is 0 Å². The number of thioether (sulfide) groups is 1. The fraction of sp³-hybridized carbons (Fsp3) is 0.929. The Morgan fingerprint density at radius 2 is 1.83 bits per heavy atom. The molecule has 1 unspecified atom stereocenters. The van der Waals surface area contributed by atoms with Crippen LogP contribution in [-0.4, -0.2) is 47.5 Å². The second-order valence-electron chi connectivity index (χ2n) is 5.82. The van der Waals surface area contributed by atoms with E-state index in [4.69, 9.17) is 0 Å². The summed E-state index contributed by atoms with van der Waals surface area (Å²) in [5, 5.41) is 3.50. The number of nitrogens with zero attached hydrogens (tertiary/aromatic N) is 1. The molecule has 3 nitrogen and oxygen atoms in total. The van der Waals surface area contributed by atoms with Gasteiger partial charge in [0.05, 0.1) is 5.75 Å². The van der Waals surface area contributed by atoms with Crippen molar-refractivity contribution >= 4 is 17.7 Å². The molecule has 108 valence electrons. The van der Waals surface area contributed by atoms with Gasteiger partial charge in [0.15, 0.2) is 0 Å². The van der Waals surface area contributed by atoms with Gasteiger partial charge in [0, 0.05) is 18.6 Å². The standard InChI is InChI=1S/C14H30N2OS/c1-7-16(8-2)13(17)11-18-10-12(3)9-15-14(4,5)6/h12,15H,7-11H2,1-6H3. The largest absolute Gasteiger partial charge is 0.343 e. The molecule has 0 aliphatic heterocycles. The molecular weight excluding hydrogens is 244 g/mol. The highest BCUT2D eigenvalue weighted by Gasteiger charge is 2.13. The van der Waals surface area contributed by atoms with E-state index in [9.17, 15) is 4.79 Å². The third-order valence-electron chi connectivity index (χ3n) is 2.72. The Balaban J connectivity index is 3.74. The topological polar surface area (TPSA) is 32.3 Å². The monoisotopic (exact) mass is 274 g/mol. The van der Waals surface area contributed by atoms with Crippen molar-refractivity contribution in [2.45, 2.75) is 47.1 Å². The van der Waals surface area contributed by atoms with Crippen molar-refractivity contribution in [2.75, 3.05) is 31.1 Å². The van der Waals surface area contributed by atoms with E-state index in [1.165, 1.54) is 0 Å². The van der Waals surface area contributed by atoms with Gasteiger partial charge in [-0.25, -0.2) is 0 Å². The Morgan fingerprint density at radius 1 is 1.28 bits per heavy atom. The Bertz CT molecular complexity index is 234. The molecule has 0 heterocycles. The van der Waals surface area contributed by atoms with E-state index in [1.807, 2.05) is 18.7 Å². The van der Waals surface area contributed by atoms with E-state index >= 15 is 0 Å². The number of amides is 1. The molecule has 0 aromatic heterocycles. The minimum atomic E-state index is 0.177. The lowest BCUT2D eigenvalue weighted by Crippen LogP contribution is -2.39. The van der Waals surface area contributed by atoms with Crippen LogP contribution < -0.4 is 5.32 Å². The van der Waals surface area contributed by atoms with Crippen LogP contribution in [0.15, 0.2) is 0 Å². The zero-order valence-electron chi connectivity index (χ0n) is 12.9. The molecule has 1 atom stereocenters. The van der Waals surface area contributed by atoms with Crippen LogP contribution in [0.25, 0.3) is 0 Å². The molecule has 0 radical (unpaired) electrons. The molecular formula is C14H30N2OS. The number of carbonyl (C=O) groups excluding carboxylic acids is 1. The minimum absolute atomic E-state index is 0.177. The van der Waals surface area contributed by atoms with Crippen molar-refractivity contribution in [3.63, 3.8) is 0 Å². The number of nitrogens with one attached hydrogen (secondary N) is 1. The zero-order valence-corrected chi connectivity index (χ0v) is 13.7. The highest BCUT2D eigenvalue weighted by Crippen LogP contribution is 2.10. The number of carbonyl (C=O) groups is 1. The van der Waals surface area contributed by atoms with Crippen LogP contribution in [0.1, 0.15) is 41.5 Å². The number of rotatable bonds is 8. The molecule has 0 aliphatic carbocycles. The van der Waals surface area contributed by atoms with E-state index in [-0.39, 0.29) is 11.4 Å². The Morgan fingerprint density at radius 3 is 2.28 bits per heavy atom. The predicted octanol–water partition coefficient (Wildman–Crippen LogP) is 2.61. The molecule has 0 saturated heterocycles. The normalized spacial score (nSPS) is 13.4. The fourth-order valence-electron chi connectivity index (χ4n) is 1.55. The summed E-state index contributed by atoms with van der Waals surface area (Å²) < 4.78 is 0. The van der Waals surface area contributed by atoms with Gasteiger partial charge in [-0.3, -0.25) is 4.79 Å². The smallest absolute Gasteiger partial charge is 0.232 e. The predicted molar refractivity (Wildman–Crippen MR) is 82.2 cm³/mol. The summed E-state index contributed by atoms with van der Waals surface area (Å²) >= 11 is 1.75. The first-order valence-electron chi connectivity index (χ1n) is 6.90. The Labute approximate surface area is 117 Å². The zero-order chi connectivity index (χ0) is 14.2. The Hall–Kier alpha value is -0.220. The summed E-state index contributed by atoms with van der Waals surface area (Å²) in [6.45, 7) is 15.5. The second kappa shape index (κ2) is 8.81. The molecule has 0 aromatic rings. The van der Waals surface area contributed by atoms with Crippen molar-refractivity contribution < 1.29 is 4.79 Å². The lowest BCUT2D eigenvalue weighted by Gasteiger charge is -2.23. The maximum absolute atomic E-state index is 11.8. The van der Waals surface area contributed by atoms with E-state index in [0.717, 1.165) is 25.4 Å². The molecule has 0 rings (SSSR count). The summed E-state index contributed by atoms with van der Waals surface area (Å²) in [5.74, 6) is 2.51. The van der Waals surface area contributed by atoms with Gasteiger partial charge in [-0.15, -0.1) is 0 Å². The molecule has 0 bridgehead atoms. The molecule has 1 N–H and O–H groups in total. The summed E-state index contributed by atoms with van der Waals surface area (Å²) in [6.07, 6.45) is 0. The van der Waals surface area contributed by atoms with Crippen molar-refractivity contribution in [3.8, 4) is 0 Å². The van der Waals surface area contributed by atoms with E-state index in [2.05, 4.69) is 33.0 Å².